The SMILES string of the molecule is O=C(CCl)Nn1nnnc1Nc1ccccc1. The van der Waals surface area contributed by atoms with Gasteiger partial charge in [0.15, 0.2) is 0 Å². The molecule has 0 aliphatic rings. The Morgan fingerprint density at radius 2 is 2.12 bits per heavy atom. The smallest absolute Gasteiger partial charge is 0.267 e. The molecule has 2 aromatic rings. The molecule has 1 heterocycles. The van der Waals surface area contributed by atoms with Crippen LogP contribution in [0.25, 0.3) is 0 Å². The van der Waals surface area contributed by atoms with E-state index in [1.807, 2.05) is 30.3 Å². The summed E-state index contributed by atoms with van der Waals surface area (Å²) >= 11 is 5.37. The number of hydrogen-bond donors (Lipinski definition) is 2. The van der Waals surface area contributed by atoms with Crippen LogP contribution in [0.1, 0.15) is 0 Å². The predicted octanol–water partition coefficient (Wildman–Crippen LogP) is 0.726. The maximum atomic E-state index is 11.1. The van der Waals surface area contributed by atoms with Crippen molar-refractivity contribution in [1.29, 1.82) is 0 Å². The van der Waals surface area contributed by atoms with Crippen molar-refractivity contribution in [3.05, 3.63) is 30.3 Å². The lowest BCUT2D eigenvalue weighted by Gasteiger charge is -2.06. The van der Waals surface area contributed by atoms with E-state index in [1.165, 1.54) is 0 Å². The number of nitrogens with one attached hydrogen (secondary N) is 2. The molecule has 0 unspecified atom stereocenters. The minimum Gasteiger partial charge on any atom is -0.322 e. The molecule has 0 fully saturated rings. The van der Waals surface area contributed by atoms with E-state index in [0.717, 1.165) is 10.5 Å². The monoisotopic (exact) mass is 252 g/mol. The quantitative estimate of drug-likeness (QED) is 0.784. The summed E-state index contributed by atoms with van der Waals surface area (Å²) in [6, 6.07) is 9.33. The standard InChI is InChI=1S/C9H9ClN6O/c10-6-8(17)13-16-9(12-14-15-16)11-7-4-2-1-3-5-7/h1-5H,6H2,(H,13,17)(H,11,12,15). The zero-order chi connectivity index (χ0) is 12.1. The molecule has 8 heteroatoms. The van der Waals surface area contributed by atoms with E-state index in [-0.39, 0.29) is 5.88 Å². The number of benzene rings is 1. The van der Waals surface area contributed by atoms with Crippen molar-refractivity contribution < 1.29 is 4.79 Å². The first kappa shape index (κ1) is 11.3. The molecule has 0 aliphatic carbocycles. The number of anilines is 2. The molecule has 17 heavy (non-hydrogen) atoms. The van der Waals surface area contributed by atoms with Gasteiger partial charge in [-0.2, -0.15) is 0 Å². The van der Waals surface area contributed by atoms with Gasteiger partial charge in [0.1, 0.15) is 5.88 Å². The van der Waals surface area contributed by atoms with Crippen LogP contribution in [0.5, 0.6) is 0 Å². The molecular formula is C9H9ClN6O. The highest BCUT2D eigenvalue weighted by atomic mass is 35.5. The molecule has 0 saturated heterocycles. The number of alkyl halides is 1. The summed E-state index contributed by atoms with van der Waals surface area (Å²) < 4.78 is 0. The van der Waals surface area contributed by atoms with Crippen LogP contribution >= 0.6 is 11.6 Å². The summed E-state index contributed by atoms with van der Waals surface area (Å²) in [6.45, 7) is 0. The number of hydrogen-bond acceptors (Lipinski definition) is 5. The third-order valence-electron chi connectivity index (χ3n) is 1.85. The third kappa shape index (κ3) is 2.91. The topological polar surface area (TPSA) is 84.7 Å². The number of tetrazole rings is 1. The van der Waals surface area contributed by atoms with Gasteiger partial charge in [-0.15, -0.1) is 16.4 Å². The molecule has 0 spiro atoms. The fourth-order valence-corrected chi connectivity index (χ4v) is 1.20. The van der Waals surface area contributed by atoms with Crippen LogP contribution < -0.4 is 10.7 Å². The van der Waals surface area contributed by atoms with Crippen molar-refractivity contribution in [2.75, 3.05) is 16.6 Å². The summed E-state index contributed by atoms with van der Waals surface area (Å²) in [5.41, 5.74) is 3.22. The summed E-state index contributed by atoms with van der Waals surface area (Å²) in [4.78, 5) is 12.2. The number of carbonyl (C=O) groups excluding carboxylic acids is 1. The highest BCUT2D eigenvalue weighted by Crippen LogP contribution is 2.11. The number of rotatable bonds is 4. The Morgan fingerprint density at radius 3 is 2.82 bits per heavy atom. The van der Waals surface area contributed by atoms with Gasteiger partial charge in [0.2, 0.25) is 0 Å². The summed E-state index contributed by atoms with van der Waals surface area (Å²) in [7, 11) is 0. The fourth-order valence-electron chi connectivity index (χ4n) is 1.14. The van der Waals surface area contributed by atoms with Crippen molar-refractivity contribution in [1.82, 2.24) is 20.3 Å². The molecule has 0 bridgehead atoms. The van der Waals surface area contributed by atoms with Crippen LogP contribution in [0.4, 0.5) is 11.6 Å². The normalized spacial score (nSPS) is 9.94. The second kappa shape index (κ2) is 5.26. The molecule has 1 aromatic carbocycles. The molecule has 88 valence electrons. The van der Waals surface area contributed by atoms with Crippen LogP contribution in [-0.4, -0.2) is 32.1 Å². The number of para-hydroxylation sites is 1. The van der Waals surface area contributed by atoms with Gasteiger partial charge < -0.3 is 5.32 Å². The first-order valence-electron chi connectivity index (χ1n) is 4.76. The lowest BCUT2D eigenvalue weighted by molar-refractivity contribution is -0.114. The Balaban J connectivity index is 2.12. The van der Waals surface area contributed by atoms with Gasteiger partial charge in [-0.3, -0.25) is 4.79 Å². The number of amides is 1. The predicted molar refractivity (Wildman–Crippen MR) is 62.6 cm³/mol. The zero-order valence-corrected chi connectivity index (χ0v) is 9.42. The van der Waals surface area contributed by atoms with Gasteiger partial charge in [-0.25, -0.2) is 5.43 Å². The van der Waals surface area contributed by atoms with Gasteiger partial charge in [-0.05, 0) is 22.6 Å². The lowest BCUT2D eigenvalue weighted by Crippen LogP contribution is -2.26. The molecule has 1 aromatic heterocycles. The Bertz CT molecular complexity index is 499. The number of aromatic nitrogens is 4. The summed E-state index contributed by atoms with van der Waals surface area (Å²) in [5, 5.41) is 13.7. The highest BCUT2D eigenvalue weighted by molar-refractivity contribution is 6.28. The Hall–Kier alpha value is -2.15. The average molecular weight is 253 g/mol. The third-order valence-corrected chi connectivity index (χ3v) is 2.09. The van der Waals surface area contributed by atoms with Crippen molar-refractivity contribution in [3.8, 4) is 0 Å². The van der Waals surface area contributed by atoms with E-state index in [2.05, 4.69) is 26.3 Å². The van der Waals surface area contributed by atoms with Gasteiger partial charge in [0, 0.05) is 5.69 Å². The van der Waals surface area contributed by atoms with Crippen LogP contribution in [0.3, 0.4) is 0 Å². The molecule has 7 nitrogen and oxygen atoms in total. The summed E-state index contributed by atoms with van der Waals surface area (Å²) in [5.74, 6) is -0.255. The van der Waals surface area contributed by atoms with E-state index in [1.54, 1.807) is 0 Å². The largest absolute Gasteiger partial charge is 0.322 e. The van der Waals surface area contributed by atoms with Crippen molar-refractivity contribution >= 4 is 29.1 Å². The van der Waals surface area contributed by atoms with E-state index in [0.29, 0.717) is 5.95 Å². The Labute approximate surface area is 102 Å². The fraction of sp³-hybridized carbons (Fsp3) is 0.111. The van der Waals surface area contributed by atoms with Crippen molar-refractivity contribution in [2.45, 2.75) is 0 Å². The van der Waals surface area contributed by atoms with E-state index < -0.39 is 5.91 Å². The van der Waals surface area contributed by atoms with E-state index >= 15 is 0 Å². The van der Waals surface area contributed by atoms with E-state index in [9.17, 15) is 4.79 Å². The van der Waals surface area contributed by atoms with Crippen LogP contribution in [0.15, 0.2) is 30.3 Å². The lowest BCUT2D eigenvalue weighted by atomic mass is 10.3. The molecule has 2 rings (SSSR count). The summed E-state index contributed by atoms with van der Waals surface area (Å²) in [6.07, 6.45) is 0. The Morgan fingerprint density at radius 1 is 1.35 bits per heavy atom. The second-order valence-electron chi connectivity index (χ2n) is 3.07. The molecular weight excluding hydrogens is 244 g/mol. The maximum Gasteiger partial charge on any atom is 0.267 e. The molecule has 1 amide bonds. The minimum atomic E-state index is -0.393. The van der Waals surface area contributed by atoms with Crippen molar-refractivity contribution in [2.24, 2.45) is 0 Å². The molecule has 2 N–H and O–H groups in total. The number of carbonyl (C=O) groups is 1. The maximum absolute atomic E-state index is 11.1. The van der Waals surface area contributed by atoms with Gasteiger partial charge in [0.25, 0.3) is 11.9 Å². The molecule has 0 radical (unpaired) electrons. The molecule has 0 atom stereocenters. The van der Waals surface area contributed by atoms with Gasteiger partial charge in [-0.1, -0.05) is 23.3 Å². The minimum absolute atomic E-state index is 0.162. The molecule has 0 saturated carbocycles. The zero-order valence-electron chi connectivity index (χ0n) is 8.67. The number of nitrogens with zero attached hydrogens (tertiary/aromatic N) is 4. The van der Waals surface area contributed by atoms with Gasteiger partial charge >= 0.3 is 0 Å². The van der Waals surface area contributed by atoms with Crippen LogP contribution in [0, 0.1) is 0 Å². The first-order chi connectivity index (χ1) is 8.29. The van der Waals surface area contributed by atoms with E-state index in [4.69, 9.17) is 11.6 Å². The van der Waals surface area contributed by atoms with Gasteiger partial charge in [0.05, 0.1) is 0 Å². The number of halogens is 1. The Kier molecular flexibility index (Phi) is 3.51. The first-order valence-corrected chi connectivity index (χ1v) is 5.29. The van der Waals surface area contributed by atoms with Crippen molar-refractivity contribution in [3.63, 3.8) is 0 Å². The highest BCUT2D eigenvalue weighted by Gasteiger charge is 2.08. The average Bonchev–Trinajstić information content (AvgIpc) is 2.78. The molecule has 0 aliphatic heterocycles. The van der Waals surface area contributed by atoms with Crippen LogP contribution in [-0.2, 0) is 4.79 Å². The van der Waals surface area contributed by atoms with Crippen LogP contribution in [0.2, 0.25) is 0 Å². The second-order valence-corrected chi connectivity index (χ2v) is 3.34.